The summed E-state index contributed by atoms with van der Waals surface area (Å²) in [5, 5.41) is 11.9. The van der Waals surface area contributed by atoms with Gasteiger partial charge in [0.1, 0.15) is 5.75 Å². The molecular formula is C17H22N4O2. The fraction of sp³-hybridized carbons (Fsp3) is 0.529. The molecule has 2 amide bonds. The zero-order valence-corrected chi connectivity index (χ0v) is 13.4. The van der Waals surface area contributed by atoms with Gasteiger partial charge in [0.2, 0.25) is 0 Å². The summed E-state index contributed by atoms with van der Waals surface area (Å²) in [4.78, 5) is 16.2. The minimum atomic E-state index is 0.0628. The number of nitriles is 1. The molecule has 3 rings (SSSR count). The number of carbonyl (C=O) groups is 1. The number of piperidine rings is 1. The van der Waals surface area contributed by atoms with E-state index in [2.05, 4.69) is 16.3 Å². The van der Waals surface area contributed by atoms with Crippen molar-refractivity contribution in [3.05, 3.63) is 29.3 Å². The van der Waals surface area contributed by atoms with Crippen molar-refractivity contribution in [2.24, 2.45) is 0 Å². The summed E-state index contributed by atoms with van der Waals surface area (Å²) in [7, 11) is 1.63. The van der Waals surface area contributed by atoms with Gasteiger partial charge in [-0.2, -0.15) is 5.26 Å². The Morgan fingerprint density at radius 1 is 1.43 bits per heavy atom. The standard InChI is InChI=1S/C17H22N4O2/c1-23-16-9-13(10-18)4-5-14(16)11-20-7-2-3-15(12-20)21-8-6-19-17(21)22/h4-5,9,15H,2-3,6-8,11-12H2,1H3,(H,19,22). The van der Waals surface area contributed by atoms with Crippen LogP contribution in [0.5, 0.6) is 5.75 Å². The Balaban J connectivity index is 1.68. The van der Waals surface area contributed by atoms with Crippen LogP contribution < -0.4 is 10.1 Å². The second kappa shape index (κ2) is 6.88. The maximum absolute atomic E-state index is 11.9. The van der Waals surface area contributed by atoms with Crippen LogP contribution in [0, 0.1) is 11.3 Å². The zero-order valence-electron chi connectivity index (χ0n) is 13.4. The van der Waals surface area contributed by atoms with Crippen LogP contribution in [0.4, 0.5) is 4.79 Å². The average molecular weight is 314 g/mol. The molecule has 1 unspecified atom stereocenters. The van der Waals surface area contributed by atoms with E-state index >= 15 is 0 Å². The largest absolute Gasteiger partial charge is 0.496 e. The number of nitrogens with zero attached hydrogens (tertiary/aromatic N) is 3. The molecule has 1 atom stereocenters. The van der Waals surface area contributed by atoms with Crippen molar-refractivity contribution in [3.8, 4) is 11.8 Å². The predicted octanol–water partition coefficient (Wildman–Crippen LogP) is 1.56. The molecule has 6 nitrogen and oxygen atoms in total. The third-order valence-electron chi connectivity index (χ3n) is 4.62. The first-order valence-corrected chi connectivity index (χ1v) is 8.05. The molecule has 0 radical (unpaired) electrons. The maximum Gasteiger partial charge on any atom is 0.317 e. The summed E-state index contributed by atoms with van der Waals surface area (Å²) >= 11 is 0. The van der Waals surface area contributed by atoms with Crippen molar-refractivity contribution in [2.45, 2.75) is 25.4 Å². The lowest BCUT2D eigenvalue weighted by molar-refractivity contribution is 0.121. The number of rotatable bonds is 4. The summed E-state index contributed by atoms with van der Waals surface area (Å²) in [6.07, 6.45) is 2.15. The van der Waals surface area contributed by atoms with Crippen molar-refractivity contribution >= 4 is 6.03 Å². The highest BCUT2D eigenvalue weighted by Gasteiger charge is 2.31. The number of ether oxygens (including phenoxy) is 1. The third-order valence-corrected chi connectivity index (χ3v) is 4.62. The van der Waals surface area contributed by atoms with E-state index in [0.717, 1.165) is 56.9 Å². The van der Waals surface area contributed by atoms with Crippen LogP contribution in [0.3, 0.4) is 0 Å². The molecule has 122 valence electrons. The van der Waals surface area contributed by atoms with Crippen LogP contribution in [0.15, 0.2) is 18.2 Å². The van der Waals surface area contributed by atoms with E-state index in [-0.39, 0.29) is 12.1 Å². The highest BCUT2D eigenvalue weighted by Crippen LogP contribution is 2.24. The molecule has 1 aromatic rings. The molecule has 1 N–H and O–H groups in total. The molecular weight excluding hydrogens is 292 g/mol. The molecule has 6 heteroatoms. The number of methoxy groups -OCH3 is 1. The van der Waals surface area contributed by atoms with Gasteiger partial charge in [-0.25, -0.2) is 4.79 Å². The maximum atomic E-state index is 11.9. The number of carbonyl (C=O) groups excluding carboxylic acids is 1. The van der Waals surface area contributed by atoms with Gasteiger partial charge >= 0.3 is 6.03 Å². The number of amides is 2. The molecule has 0 bridgehead atoms. The summed E-state index contributed by atoms with van der Waals surface area (Å²) < 4.78 is 5.42. The summed E-state index contributed by atoms with van der Waals surface area (Å²) in [6.45, 7) is 4.24. The molecule has 1 aromatic carbocycles. The van der Waals surface area contributed by atoms with E-state index in [4.69, 9.17) is 10.00 Å². The highest BCUT2D eigenvalue weighted by atomic mass is 16.5. The number of hydrogen-bond acceptors (Lipinski definition) is 4. The molecule has 0 spiro atoms. The molecule has 0 saturated carbocycles. The summed E-state index contributed by atoms with van der Waals surface area (Å²) in [6, 6.07) is 8.06. The number of hydrogen-bond donors (Lipinski definition) is 1. The Morgan fingerprint density at radius 3 is 3.00 bits per heavy atom. The fourth-order valence-electron chi connectivity index (χ4n) is 3.45. The first-order chi connectivity index (χ1) is 11.2. The monoisotopic (exact) mass is 314 g/mol. The van der Waals surface area contributed by atoms with Crippen LogP contribution in [0.2, 0.25) is 0 Å². The Bertz CT molecular complexity index is 626. The van der Waals surface area contributed by atoms with Gasteiger partial charge in [0.05, 0.1) is 18.7 Å². The topological polar surface area (TPSA) is 68.6 Å². The van der Waals surface area contributed by atoms with Gasteiger partial charge in [0.15, 0.2) is 0 Å². The van der Waals surface area contributed by atoms with E-state index in [0.29, 0.717) is 5.56 Å². The smallest absolute Gasteiger partial charge is 0.317 e. The molecule has 2 aliphatic rings. The van der Waals surface area contributed by atoms with Crippen molar-refractivity contribution in [1.29, 1.82) is 5.26 Å². The minimum Gasteiger partial charge on any atom is -0.496 e. The van der Waals surface area contributed by atoms with Crippen molar-refractivity contribution in [2.75, 3.05) is 33.3 Å². The SMILES string of the molecule is COc1cc(C#N)ccc1CN1CCCC(N2CCNC2=O)C1. The van der Waals surface area contributed by atoms with Gasteiger partial charge in [0.25, 0.3) is 0 Å². The van der Waals surface area contributed by atoms with E-state index in [9.17, 15) is 4.79 Å². The Kier molecular flexibility index (Phi) is 4.68. The zero-order chi connectivity index (χ0) is 16.2. The van der Waals surface area contributed by atoms with Crippen LogP contribution in [-0.4, -0.2) is 55.2 Å². The Morgan fingerprint density at radius 2 is 2.30 bits per heavy atom. The second-order valence-corrected chi connectivity index (χ2v) is 6.09. The van der Waals surface area contributed by atoms with Crippen LogP contribution in [-0.2, 0) is 6.54 Å². The van der Waals surface area contributed by atoms with Gasteiger partial charge in [-0.1, -0.05) is 6.07 Å². The predicted molar refractivity (Wildman–Crippen MR) is 86.1 cm³/mol. The summed E-state index contributed by atoms with van der Waals surface area (Å²) in [5.74, 6) is 0.755. The first-order valence-electron chi connectivity index (χ1n) is 8.05. The molecule has 2 aliphatic heterocycles. The molecule has 2 fully saturated rings. The molecule has 0 aliphatic carbocycles. The van der Waals surface area contributed by atoms with Crippen LogP contribution in [0.1, 0.15) is 24.0 Å². The van der Waals surface area contributed by atoms with Gasteiger partial charge in [0, 0.05) is 37.8 Å². The van der Waals surface area contributed by atoms with Crippen molar-refractivity contribution < 1.29 is 9.53 Å². The lowest BCUT2D eigenvalue weighted by Gasteiger charge is -2.37. The van der Waals surface area contributed by atoms with E-state index in [1.54, 1.807) is 13.2 Å². The van der Waals surface area contributed by atoms with Gasteiger partial charge < -0.3 is 15.0 Å². The average Bonchev–Trinajstić information content (AvgIpc) is 3.01. The number of nitrogens with one attached hydrogen (secondary N) is 1. The van der Waals surface area contributed by atoms with Crippen LogP contribution in [0.25, 0.3) is 0 Å². The van der Waals surface area contributed by atoms with Crippen molar-refractivity contribution in [3.63, 3.8) is 0 Å². The first kappa shape index (κ1) is 15.6. The second-order valence-electron chi connectivity index (χ2n) is 6.09. The number of benzene rings is 1. The van der Waals surface area contributed by atoms with Gasteiger partial charge in [-0.3, -0.25) is 4.90 Å². The third kappa shape index (κ3) is 3.40. The number of urea groups is 1. The van der Waals surface area contributed by atoms with E-state index in [1.165, 1.54) is 0 Å². The van der Waals surface area contributed by atoms with E-state index < -0.39 is 0 Å². The molecule has 2 heterocycles. The fourth-order valence-corrected chi connectivity index (χ4v) is 3.45. The van der Waals surface area contributed by atoms with Crippen LogP contribution >= 0.6 is 0 Å². The van der Waals surface area contributed by atoms with E-state index in [1.807, 2.05) is 17.0 Å². The Hall–Kier alpha value is -2.26. The molecule has 0 aromatic heterocycles. The minimum absolute atomic E-state index is 0.0628. The Labute approximate surface area is 136 Å². The lowest BCUT2D eigenvalue weighted by Crippen LogP contribution is -2.48. The van der Waals surface area contributed by atoms with Crippen molar-refractivity contribution in [1.82, 2.24) is 15.1 Å². The number of likely N-dealkylation sites (tertiary alicyclic amines) is 1. The molecule has 2 saturated heterocycles. The highest BCUT2D eigenvalue weighted by molar-refractivity contribution is 5.76. The summed E-state index contributed by atoms with van der Waals surface area (Å²) in [5.41, 5.74) is 1.69. The quantitative estimate of drug-likeness (QED) is 0.915. The lowest BCUT2D eigenvalue weighted by atomic mass is 10.0. The molecule has 23 heavy (non-hydrogen) atoms. The van der Waals surface area contributed by atoms with Gasteiger partial charge in [-0.15, -0.1) is 0 Å². The normalized spacial score (nSPS) is 21.8. The van der Waals surface area contributed by atoms with Gasteiger partial charge in [-0.05, 0) is 31.5 Å².